The highest BCUT2D eigenvalue weighted by Crippen LogP contribution is 2.64. The maximum atomic E-state index is 11.7. The summed E-state index contributed by atoms with van der Waals surface area (Å²) in [4.78, 5) is 11.7. The van der Waals surface area contributed by atoms with Crippen LogP contribution in [-0.4, -0.2) is 5.78 Å². The van der Waals surface area contributed by atoms with Crippen LogP contribution in [0.5, 0.6) is 0 Å². The highest BCUT2D eigenvalue weighted by molar-refractivity contribution is 5.75. The molecular formula is C21H38O. The molecule has 0 spiro atoms. The first kappa shape index (κ1) is 18.0. The first-order valence-electron chi connectivity index (χ1n) is 9.71. The summed E-state index contributed by atoms with van der Waals surface area (Å²) >= 11 is 0. The van der Waals surface area contributed by atoms with E-state index < -0.39 is 0 Å². The number of Topliss-reactive ketones (excluding diaryl/α,β-unsaturated/α-hetero) is 1. The van der Waals surface area contributed by atoms with Crippen molar-refractivity contribution in [2.45, 2.75) is 105 Å². The minimum absolute atomic E-state index is 0.392. The highest BCUT2D eigenvalue weighted by atomic mass is 16.1. The molecule has 3 fully saturated rings. The lowest BCUT2D eigenvalue weighted by Gasteiger charge is -2.59. The Morgan fingerprint density at radius 1 is 1.09 bits per heavy atom. The van der Waals surface area contributed by atoms with Gasteiger partial charge in [0.25, 0.3) is 0 Å². The second kappa shape index (κ2) is 6.65. The minimum Gasteiger partial charge on any atom is -0.300 e. The topological polar surface area (TPSA) is 17.1 Å². The second-order valence-corrected chi connectivity index (χ2v) is 9.58. The van der Waals surface area contributed by atoms with Crippen molar-refractivity contribution in [3.63, 3.8) is 0 Å². The maximum absolute atomic E-state index is 11.7. The molecule has 0 aliphatic heterocycles. The summed E-state index contributed by atoms with van der Waals surface area (Å²) in [6.45, 7) is 11.7. The van der Waals surface area contributed by atoms with Crippen molar-refractivity contribution in [2.75, 3.05) is 0 Å². The lowest BCUT2D eigenvalue weighted by Crippen LogP contribution is -2.49. The second-order valence-electron chi connectivity index (χ2n) is 9.58. The molecule has 0 aromatic heterocycles. The molecule has 1 nitrogen and oxygen atoms in total. The smallest absolute Gasteiger partial charge is 0.130 e. The summed E-state index contributed by atoms with van der Waals surface area (Å²) in [7, 11) is 0. The van der Waals surface area contributed by atoms with E-state index in [1.165, 1.54) is 64.2 Å². The van der Waals surface area contributed by atoms with Crippen LogP contribution in [0.1, 0.15) is 105 Å². The molecule has 128 valence electrons. The normalized spacial score (nSPS) is 42.0. The van der Waals surface area contributed by atoms with Gasteiger partial charge in [0.2, 0.25) is 0 Å². The van der Waals surface area contributed by atoms with Gasteiger partial charge < -0.3 is 4.79 Å². The van der Waals surface area contributed by atoms with E-state index in [2.05, 4.69) is 27.7 Å². The van der Waals surface area contributed by atoms with Crippen LogP contribution in [0.3, 0.4) is 0 Å². The predicted octanol–water partition coefficient (Wildman–Crippen LogP) is 6.55. The number of unbranched alkanes of at least 4 members (excludes halogenated alkanes) is 2. The van der Waals surface area contributed by atoms with Crippen molar-refractivity contribution in [3.8, 4) is 0 Å². The van der Waals surface area contributed by atoms with Crippen molar-refractivity contribution < 1.29 is 4.79 Å². The molecule has 2 bridgehead atoms. The quantitative estimate of drug-likeness (QED) is 0.508. The van der Waals surface area contributed by atoms with E-state index in [9.17, 15) is 4.79 Å². The van der Waals surface area contributed by atoms with Crippen LogP contribution >= 0.6 is 0 Å². The fraction of sp³-hybridized carbons (Fsp3) is 0.952. The molecule has 3 aliphatic rings. The number of ketones is 1. The van der Waals surface area contributed by atoms with Gasteiger partial charge in [-0.2, -0.15) is 0 Å². The van der Waals surface area contributed by atoms with E-state index >= 15 is 0 Å². The Morgan fingerprint density at radius 3 is 2.45 bits per heavy atom. The van der Waals surface area contributed by atoms with Crippen LogP contribution in [0.15, 0.2) is 0 Å². The van der Waals surface area contributed by atoms with Gasteiger partial charge in [0.1, 0.15) is 5.78 Å². The average molecular weight is 307 g/mol. The number of hydrogen-bond donors (Lipinski definition) is 0. The van der Waals surface area contributed by atoms with Gasteiger partial charge in [0.05, 0.1) is 0 Å². The third-order valence-electron chi connectivity index (χ3n) is 7.36. The van der Waals surface area contributed by atoms with Gasteiger partial charge in [-0.05, 0) is 74.0 Å². The van der Waals surface area contributed by atoms with Crippen molar-refractivity contribution in [2.24, 2.45) is 22.2 Å². The summed E-state index contributed by atoms with van der Waals surface area (Å²) in [5.41, 5.74) is 1.45. The van der Waals surface area contributed by atoms with Gasteiger partial charge in [-0.1, -0.05) is 47.0 Å². The zero-order valence-corrected chi connectivity index (χ0v) is 15.8. The monoisotopic (exact) mass is 306 g/mol. The lowest BCUT2D eigenvalue weighted by atomic mass is 9.46. The number of carbonyl (C=O) groups is 1. The third kappa shape index (κ3) is 3.77. The number of rotatable bonds is 6. The van der Waals surface area contributed by atoms with Gasteiger partial charge in [0.15, 0.2) is 0 Å². The number of fused-ring (bicyclic) bond motifs is 5. The molecule has 0 heterocycles. The Morgan fingerprint density at radius 2 is 1.82 bits per heavy atom. The molecule has 3 aliphatic carbocycles. The Balaban J connectivity index is 2.21. The Hall–Kier alpha value is -0.330. The van der Waals surface area contributed by atoms with Crippen LogP contribution in [0, 0.1) is 22.2 Å². The minimum atomic E-state index is 0.392. The van der Waals surface area contributed by atoms with Gasteiger partial charge in [-0.3, -0.25) is 0 Å². The van der Waals surface area contributed by atoms with Crippen LogP contribution in [0.4, 0.5) is 0 Å². The largest absolute Gasteiger partial charge is 0.300 e. The molecule has 1 heteroatoms. The first-order valence-corrected chi connectivity index (χ1v) is 9.71. The molecule has 0 aromatic rings. The van der Waals surface area contributed by atoms with E-state index in [1.54, 1.807) is 6.92 Å². The Labute approximate surface area is 138 Å². The molecule has 2 unspecified atom stereocenters. The predicted molar refractivity (Wildman–Crippen MR) is 95.0 cm³/mol. The molecule has 0 radical (unpaired) electrons. The van der Waals surface area contributed by atoms with Gasteiger partial charge in [0, 0.05) is 6.42 Å². The molecule has 3 saturated carbocycles. The lowest BCUT2D eigenvalue weighted by molar-refractivity contribution is -0.121. The van der Waals surface area contributed by atoms with E-state index in [0.29, 0.717) is 27.9 Å². The van der Waals surface area contributed by atoms with Crippen molar-refractivity contribution in [1.82, 2.24) is 0 Å². The molecule has 0 aromatic carbocycles. The SMILES string of the molecule is CCCCC[C@]1(C)C[C@]2(C)CCC(CC(C)=O)CC1(C)CC2. The molecule has 0 amide bonds. The summed E-state index contributed by atoms with van der Waals surface area (Å²) in [5, 5.41) is 0. The Kier molecular flexibility index (Phi) is 5.45. The van der Waals surface area contributed by atoms with Crippen LogP contribution in [0.2, 0.25) is 0 Å². The summed E-state index contributed by atoms with van der Waals surface area (Å²) in [6.07, 6.45) is 14.4. The van der Waals surface area contributed by atoms with Crippen LogP contribution < -0.4 is 0 Å². The number of carbonyl (C=O) groups excluding carboxylic acids is 1. The molecule has 0 N–H and O–H groups in total. The summed E-state index contributed by atoms with van der Waals surface area (Å²) in [5.74, 6) is 1.02. The van der Waals surface area contributed by atoms with Crippen molar-refractivity contribution >= 4 is 5.78 Å². The molecule has 4 atom stereocenters. The standard InChI is InChI=1S/C21H38O/c1-6-7-8-10-21(5)16-19(3)11-9-18(14-17(2)22)15-20(21,4)13-12-19/h18H,6-16H2,1-5H3/t18?,19-,20?,21-/m1/s1. The highest BCUT2D eigenvalue weighted by Gasteiger charge is 2.53. The van der Waals surface area contributed by atoms with E-state index in [-0.39, 0.29) is 0 Å². The van der Waals surface area contributed by atoms with Gasteiger partial charge >= 0.3 is 0 Å². The zero-order valence-electron chi connectivity index (χ0n) is 15.8. The average Bonchev–Trinajstić information content (AvgIpc) is 2.40. The fourth-order valence-corrected chi connectivity index (χ4v) is 5.71. The van der Waals surface area contributed by atoms with E-state index in [0.717, 1.165) is 6.42 Å². The Bertz CT molecular complexity index is 401. The van der Waals surface area contributed by atoms with E-state index in [1.807, 2.05) is 0 Å². The van der Waals surface area contributed by atoms with Crippen molar-refractivity contribution in [1.29, 1.82) is 0 Å². The maximum Gasteiger partial charge on any atom is 0.130 e. The van der Waals surface area contributed by atoms with Gasteiger partial charge in [-0.25, -0.2) is 0 Å². The molecule has 3 rings (SSSR count). The van der Waals surface area contributed by atoms with Crippen LogP contribution in [-0.2, 0) is 4.79 Å². The zero-order chi connectivity index (χ0) is 16.4. The first-order chi connectivity index (χ1) is 10.2. The summed E-state index contributed by atoms with van der Waals surface area (Å²) in [6, 6.07) is 0. The summed E-state index contributed by atoms with van der Waals surface area (Å²) < 4.78 is 0. The molecule has 0 saturated heterocycles. The third-order valence-corrected chi connectivity index (χ3v) is 7.36. The van der Waals surface area contributed by atoms with E-state index in [4.69, 9.17) is 0 Å². The fourth-order valence-electron chi connectivity index (χ4n) is 5.71. The molecule has 22 heavy (non-hydrogen) atoms. The van der Waals surface area contributed by atoms with Gasteiger partial charge in [-0.15, -0.1) is 0 Å². The molecular weight excluding hydrogens is 268 g/mol. The number of hydrogen-bond acceptors (Lipinski definition) is 1. The van der Waals surface area contributed by atoms with Crippen LogP contribution in [0.25, 0.3) is 0 Å². The van der Waals surface area contributed by atoms with Crippen molar-refractivity contribution in [3.05, 3.63) is 0 Å².